The van der Waals surface area contributed by atoms with Crippen LogP contribution in [0.3, 0.4) is 0 Å². The second-order valence-electron chi connectivity index (χ2n) is 4.53. The minimum absolute atomic E-state index is 0.299. The molecule has 1 aliphatic heterocycles. The number of nitrogens with one attached hydrogen (secondary N) is 2. The van der Waals surface area contributed by atoms with E-state index >= 15 is 0 Å². The van der Waals surface area contributed by atoms with E-state index in [4.69, 9.17) is 10.1 Å². The lowest BCUT2D eigenvalue weighted by Gasteiger charge is -2.33. The number of morpholine rings is 1. The maximum absolute atomic E-state index is 7.89. The van der Waals surface area contributed by atoms with Crippen molar-refractivity contribution in [1.29, 1.82) is 5.41 Å². The summed E-state index contributed by atoms with van der Waals surface area (Å²) in [7, 11) is 0. The third-order valence-corrected chi connectivity index (χ3v) is 3.15. The normalized spacial score (nSPS) is 20.1. The fraction of sp³-hybridized carbons (Fsp3) is 0.533. The van der Waals surface area contributed by atoms with Crippen LogP contribution in [0, 0.1) is 5.41 Å². The molecule has 4 heteroatoms. The summed E-state index contributed by atoms with van der Waals surface area (Å²) in [6.45, 7) is 9.59. The largest absolute Gasteiger partial charge is 0.379 e. The summed E-state index contributed by atoms with van der Waals surface area (Å²) < 4.78 is 5.38. The van der Waals surface area contributed by atoms with E-state index in [-0.39, 0.29) is 0 Å². The molecule has 1 rings (SSSR count). The first-order valence-electron chi connectivity index (χ1n) is 6.81. The maximum atomic E-state index is 7.89. The Labute approximate surface area is 116 Å². The Balaban J connectivity index is 2.74. The Morgan fingerprint density at radius 2 is 1.95 bits per heavy atom. The molecule has 0 aromatic rings. The van der Waals surface area contributed by atoms with E-state index in [0.717, 1.165) is 31.9 Å². The third-order valence-electron chi connectivity index (χ3n) is 3.15. The number of ether oxygens (including phenoxy) is 1. The first kappa shape index (κ1) is 15.7. The smallest absolute Gasteiger partial charge is 0.122 e. The Bertz CT molecular complexity index is 366. The van der Waals surface area contributed by atoms with Crippen LogP contribution in [0.15, 0.2) is 36.1 Å². The fourth-order valence-electron chi connectivity index (χ4n) is 2.06. The van der Waals surface area contributed by atoms with E-state index in [2.05, 4.69) is 23.2 Å². The summed E-state index contributed by atoms with van der Waals surface area (Å²) in [5.41, 5.74) is 1.14. The highest BCUT2D eigenvalue weighted by Crippen LogP contribution is 2.14. The van der Waals surface area contributed by atoms with Crippen molar-refractivity contribution < 1.29 is 4.74 Å². The van der Waals surface area contributed by atoms with Gasteiger partial charge in [-0.05, 0) is 38.6 Å². The molecule has 0 aromatic heterocycles. The maximum Gasteiger partial charge on any atom is 0.122 e. The van der Waals surface area contributed by atoms with Crippen molar-refractivity contribution in [1.82, 2.24) is 10.2 Å². The van der Waals surface area contributed by atoms with Crippen LogP contribution in [0.25, 0.3) is 0 Å². The third kappa shape index (κ3) is 5.41. The molecule has 0 aliphatic carbocycles. The lowest BCUT2D eigenvalue weighted by atomic mass is 10.1. The van der Waals surface area contributed by atoms with Gasteiger partial charge in [-0.1, -0.05) is 18.2 Å². The van der Waals surface area contributed by atoms with Crippen LogP contribution in [-0.2, 0) is 4.74 Å². The predicted octanol–water partition coefficient (Wildman–Crippen LogP) is 2.31. The number of amidine groups is 1. The van der Waals surface area contributed by atoms with Gasteiger partial charge in [0.15, 0.2) is 0 Å². The molecule has 19 heavy (non-hydrogen) atoms. The molecule has 0 spiro atoms. The number of hydrogen-bond donors (Lipinski definition) is 2. The molecule has 1 aliphatic rings. The first-order valence-corrected chi connectivity index (χ1v) is 6.81. The van der Waals surface area contributed by atoms with Crippen LogP contribution in [0.4, 0.5) is 0 Å². The van der Waals surface area contributed by atoms with Gasteiger partial charge in [-0.15, -0.1) is 0 Å². The van der Waals surface area contributed by atoms with Gasteiger partial charge >= 0.3 is 0 Å². The van der Waals surface area contributed by atoms with Crippen molar-refractivity contribution in [2.75, 3.05) is 26.3 Å². The molecule has 1 fully saturated rings. The zero-order chi connectivity index (χ0) is 14.1. The highest BCUT2D eigenvalue weighted by Gasteiger charge is 2.19. The van der Waals surface area contributed by atoms with Crippen molar-refractivity contribution >= 4 is 5.84 Å². The van der Waals surface area contributed by atoms with Gasteiger partial charge in [0.25, 0.3) is 0 Å². The average Bonchev–Trinajstić information content (AvgIpc) is 2.45. The van der Waals surface area contributed by atoms with E-state index in [1.165, 1.54) is 0 Å². The average molecular weight is 263 g/mol. The first-order chi connectivity index (χ1) is 9.19. The second kappa shape index (κ2) is 8.67. The zero-order valence-corrected chi connectivity index (χ0v) is 12.1. The van der Waals surface area contributed by atoms with Crippen molar-refractivity contribution in [2.24, 2.45) is 0 Å². The molecule has 0 radical (unpaired) electrons. The van der Waals surface area contributed by atoms with E-state index < -0.39 is 0 Å². The topological polar surface area (TPSA) is 48.4 Å². The summed E-state index contributed by atoms with van der Waals surface area (Å²) in [5.74, 6) is 0.409. The van der Waals surface area contributed by atoms with Crippen LogP contribution < -0.4 is 5.32 Å². The highest BCUT2D eigenvalue weighted by atomic mass is 16.5. The quantitative estimate of drug-likeness (QED) is 0.454. The molecule has 0 amide bonds. The number of allylic oxidation sites excluding steroid dienone is 2. The molecule has 1 heterocycles. The standard InChI is InChI=1S/C15H25N3O/c1-4-6-14(12-15(16)17-7-5-2)13(3)18-8-10-19-11-9-18/h4-7,12-13H,8-11H2,1-3H3,(H2,16,17)/b6-4-,7-5-,14-12+. The monoisotopic (exact) mass is 263 g/mol. The Kier molecular flexibility index (Phi) is 7.15. The van der Waals surface area contributed by atoms with E-state index in [1.807, 2.05) is 32.1 Å². The fourth-order valence-corrected chi connectivity index (χ4v) is 2.06. The summed E-state index contributed by atoms with van der Waals surface area (Å²) in [6.07, 6.45) is 9.63. The lowest BCUT2D eigenvalue weighted by Crippen LogP contribution is -2.43. The summed E-state index contributed by atoms with van der Waals surface area (Å²) in [6, 6.07) is 0.299. The van der Waals surface area contributed by atoms with Gasteiger partial charge in [0.1, 0.15) is 5.84 Å². The number of hydrogen-bond acceptors (Lipinski definition) is 3. The lowest BCUT2D eigenvalue weighted by molar-refractivity contribution is 0.0274. The molecular weight excluding hydrogens is 238 g/mol. The van der Waals surface area contributed by atoms with Crippen molar-refractivity contribution in [3.8, 4) is 0 Å². The molecule has 0 bridgehead atoms. The van der Waals surface area contributed by atoms with Gasteiger partial charge in [-0.3, -0.25) is 10.3 Å². The predicted molar refractivity (Wildman–Crippen MR) is 80.4 cm³/mol. The van der Waals surface area contributed by atoms with E-state index in [0.29, 0.717) is 11.9 Å². The van der Waals surface area contributed by atoms with E-state index in [1.54, 1.807) is 6.20 Å². The second-order valence-corrected chi connectivity index (χ2v) is 4.53. The SMILES string of the molecule is C/C=C\NC(=N)/C=C(\C=C/C)C(C)N1CCOCC1. The Morgan fingerprint density at radius 1 is 1.26 bits per heavy atom. The molecule has 0 aromatic carbocycles. The minimum Gasteiger partial charge on any atom is -0.379 e. The molecule has 2 N–H and O–H groups in total. The van der Waals surface area contributed by atoms with Gasteiger partial charge in [0, 0.05) is 19.1 Å². The van der Waals surface area contributed by atoms with Gasteiger partial charge < -0.3 is 10.1 Å². The number of rotatable bonds is 5. The zero-order valence-electron chi connectivity index (χ0n) is 12.1. The van der Waals surface area contributed by atoms with Crippen LogP contribution in [0.1, 0.15) is 20.8 Å². The number of nitrogens with zero attached hydrogens (tertiary/aromatic N) is 1. The Morgan fingerprint density at radius 3 is 2.53 bits per heavy atom. The molecular formula is C15H25N3O. The van der Waals surface area contributed by atoms with Crippen LogP contribution in [0.2, 0.25) is 0 Å². The van der Waals surface area contributed by atoms with Gasteiger partial charge in [0.2, 0.25) is 0 Å². The molecule has 1 unspecified atom stereocenters. The van der Waals surface area contributed by atoms with Crippen molar-refractivity contribution in [3.05, 3.63) is 36.1 Å². The van der Waals surface area contributed by atoms with Crippen molar-refractivity contribution in [2.45, 2.75) is 26.8 Å². The van der Waals surface area contributed by atoms with Crippen LogP contribution in [-0.4, -0.2) is 43.1 Å². The van der Waals surface area contributed by atoms with Gasteiger partial charge in [-0.2, -0.15) is 0 Å². The summed E-state index contributed by atoms with van der Waals surface area (Å²) in [5, 5.41) is 10.8. The molecule has 1 atom stereocenters. The minimum atomic E-state index is 0.299. The van der Waals surface area contributed by atoms with E-state index in [9.17, 15) is 0 Å². The van der Waals surface area contributed by atoms with Gasteiger partial charge in [0.05, 0.1) is 13.2 Å². The highest BCUT2D eigenvalue weighted by molar-refractivity contribution is 5.92. The molecule has 4 nitrogen and oxygen atoms in total. The van der Waals surface area contributed by atoms with Crippen LogP contribution in [0.5, 0.6) is 0 Å². The van der Waals surface area contributed by atoms with Crippen LogP contribution >= 0.6 is 0 Å². The summed E-state index contributed by atoms with van der Waals surface area (Å²) in [4.78, 5) is 2.39. The Hall–Kier alpha value is -1.39. The van der Waals surface area contributed by atoms with Gasteiger partial charge in [-0.25, -0.2) is 0 Å². The summed E-state index contributed by atoms with van der Waals surface area (Å²) >= 11 is 0. The molecule has 1 saturated heterocycles. The molecule has 0 saturated carbocycles. The molecule has 106 valence electrons. The van der Waals surface area contributed by atoms with Crippen molar-refractivity contribution in [3.63, 3.8) is 0 Å².